The Kier molecular flexibility index (Phi) is 5.32. The third kappa shape index (κ3) is 4.45. The fraction of sp³-hybridized carbons (Fsp3) is 0.0500. The van der Waals surface area contributed by atoms with E-state index in [0.717, 1.165) is 10.1 Å². The molecule has 0 aliphatic heterocycles. The monoisotopic (exact) mass is 393 g/mol. The van der Waals surface area contributed by atoms with E-state index in [1.165, 1.54) is 33.7 Å². The van der Waals surface area contributed by atoms with E-state index in [9.17, 15) is 4.79 Å². The Labute approximate surface area is 164 Å². The number of thioether (sulfide) groups is 1. The number of hydrogen-bond donors (Lipinski definition) is 1. The van der Waals surface area contributed by atoms with Gasteiger partial charge in [-0.2, -0.15) is 0 Å². The number of benzene rings is 2. The number of carbonyl (C=O) groups is 1. The summed E-state index contributed by atoms with van der Waals surface area (Å²) in [5.41, 5.74) is 1.25. The molecule has 1 amide bonds. The molecule has 0 saturated heterocycles. The molecular weight excluding hydrogens is 378 g/mol. The van der Waals surface area contributed by atoms with Crippen molar-refractivity contribution in [2.45, 2.75) is 10.1 Å². The zero-order chi connectivity index (χ0) is 18.5. The number of rotatable bonds is 6. The van der Waals surface area contributed by atoms with E-state index in [4.69, 9.17) is 4.42 Å². The first-order valence-electron chi connectivity index (χ1n) is 8.23. The highest BCUT2D eigenvalue weighted by atomic mass is 32.2. The van der Waals surface area contributed by atoms with E-state index in [1.807, 2.05) is 12.1 Å². The standard InChI is InChI=1S/C20H15N3O2S2/c24-18(11-10-16-8-4-12-25-16)21-19-22-23-20(27-19)26-13-15-7-3-6-14-5-1-2-9-17(14)15/h1-12H,13H2,(H,21,22,24)/b11-10+. The van der Waals surface area contributed by atoms with Crippen LogP contribution in [0.4, 0.5) is 5.13 Å². The van der Waals surface area contributed by atoms with E-state index in [1.54, 1.807) is 36.2 Å². The molecule has 0 spiro atoms. The lowest BCUT2D eigenvalue weighted by Crippen LogP contribution is -2.07. The van der Waals surface area contributed by atoms with Crippen molar-refractivity contribution in [1.82, 2.24) is 10.2 Å². The number of nitrogens with one attached hydrogen (secondary N) is 1. The molecule has 4 rings (SSSR count). The van der Waals surface area contributed by atoms with Crippen LogP contribution in [0.2, 0.25) is 0 Å². The largest absolute Gasteiger partial charge is 0.465 e. The molecule has 0 radical (unpaired) electrons. The molecule has 7 heteroatoms. The average Bonchev–Trinajstić information content (AvgIpc) is 3.37. The van der Waals surface area contributed by atoms with Crippen molar-refractivity contribution < 1.29 is 9.21 Å². The van der Waals surface area contributed by atoms with Gasteiger partial charge in [-0.3, -0.25) is 10.1 Å². The Bertz CT molecular complexity index is 1080. The van der Waals surface area contributed by atoms with Crippen molar-refractivity contribution in [2.24, 2.45) is 0 Å². The highest BCUT2D eigenvalue weighted by molar-refractivity contribution is 8.00. The van der Waals surface area contributed by atoms with E-state index < -0.39 is 0 Å². The van der Waals surface area contributed by atoms with Gasteiger partial charge in [0.15, 0.2) is 4.34 Å². The summed E-state index contributed by atoms with van der Waals surface area (Å²) in [6, 6.07) is 18.2. The number of aromatic nitrogens is 2. The molecule has 0 unspecified atom stereocenters. The van der Waals surface area contributed by atoms with Gasteiger partial charge >= 0.3 is 0 Å². The fourth-order valence-electron chi connectivity index (χ4n) is 2.57. The first kappa shape index (κ1) is 17.5. The summed E-state index contributed by atoms with van der Waals surface area (Å²) < 4.78 is 5.96. The van der Waals surface area contributed by atoms with E-state index in [-0.39, 0.29) is 5.91 Å². The molecule has 2 heterocycles. The van der Waals surface area contributed by atoms with Gasteiger partial charge in [0.2, 0.25) is 11.0 Å². The Morgan fingerprint density at radius 2 is 2.00 bits per heavy atom. The number of fused-ring (bicyclic) bond motifs is 1. The number of hydrogen-bond acceptors (Lipinski definition) is 6. The summed E-state index contributed by atoms with van der Waals surface area (Å²) >= 11 is 2.97. The predicted octanol–water partition coefficient (Wildman–Crippen LogP) is 5.23. The summed E-state index contributed by atoms with van der Waals surface area (Å²) in [7, 11) is 0. The van der Waals surface area contributed by atoms with Gasteiger partial charge in [0.05, 0.1) is 6.26 Å². The van der Waals surface area contributed by atoms with Crippen LogP contribution in [0.5, 0.6) is 0 Å². The third-order valence-corrected chi connectivity index (χ3v) is 5.83. The maximum absolute atomic E-state index is 11.9. The zero-order valence-corrected chi connectivity index (χ0v) is 15.8. The Balaban J connectivity index is 1.37. The minimum absolute atomic E-state index is 0.270. The van der Waals surface area contributed by atoms with Crippen molar-refractivity contribution in [3.8, 4) is 0 Å². The molecule has 134 valence electrons. The summed E-state index contributed by atoms with van der Waals surface area (Å²) in [5.74, 6) is 1.14. The lowest BCUT2D eigenvalue weighted by Gasteiger charge is -2.04. The molecule has 2 aromatic carbocycles. The van der Waals surface area contributed by atoms with Crippen LogP contribution in [-0.4, -0.2) is 16.1 Å². The van der Waals surface area contributed by atoms with Crippen LogP contribution in [0.1, 0.15) is 11.3 Å². The minimum Gasteiger partial charge on any atom is -0.465 e. The zero-order valence-electron chi connectivity index (χ0n) is 14.2. The van der Waals surface area contributed by atoms with Crippen molar-refractivity contribution in [3.05, 3.63) is 78.3 Å². The quantitative estimate of drug-likeness (QED) is 0.276. The van der Waals surface area contributed by atoms with E-state index >= 15 is 0 Å². The number of carbonyl (C=O) groups excluding carboxylic acids is 1. The van der Waals surface area contributed by atoms with E-state index in [2.05, 4.69) is 45.8 Å². The van der Waals surface area contributed by atoms with Crippen molar-refractivity contribution >= 4 is 51.0 Å². The number of amides is 1. The summed E-state index contributed by atoms with van der Waals surface area (Å²) in [6.07, 6.45) is 4.57. The first-order valence-corrected chi connectivity index (χ1v) is 10.0. The number of furan rings is 1. The molecule has 4 aromatic rings. The Morgan fingerprint density at radius 1 is 1.11 bits per heavy atom. The molecular formula is C20H15N3O2S2. The predicted molar refractivity (Wildman–Crippen MR) is 110 cm³/mol. The van der Waals surface area contributed by atoms with Crippen LogP contribution in [0.25, 0.3) is 16.8 Å². The lowest BCUT2D eigenvalue weighted by molar-refractivity contribution is -0.111. The van der Waals surface area contributed by atoms with Crippen LogP contribution >= 0.6 is 23.1 Å². The maximum Gasteiger partial charge on any atom is 0.250 e. The molecule has 2 aromatic heterocycles. The van der Waals surface area contributed by atoms with Crippen molar-refractivity contribution in [2.75, 3.05) is 5.32 Å². The summed E-state index contributed by atoms with van der Waals surface area (Å²) in [4.78, 5) is 11.9. The molecule has 5 nitrogen and oxygen atoms in total. The Hall–Kier alpha value is -2.90. The lowest BCUT2D eigenvalue weighted by atomic mass is 10.1. The molecule has 0 aliphatic carbocycles. The average molecular weight is 393 g/mol. The minimum atomic E-state index is -0.270. The maximum atomic E-state index is 11.9. The van der Waals surface area contributed by atoms with Crippen LogP contribution in [0.3, 0.4) is 0 Å². The SMILES string of the molecule is O=C(/C=C/c1ccco1)Nc1nnc(SCc2cccc3ccccc23)s1. The van der Waals surface area contributed by atoms with Crippen LogP contribution in [0, 0.1) is 0 Å². The normalized spacial score (nSPS) is 11.3. The second kappa shape index (κ2) is 8.20. The highest BCUT2D eigenvalue weighted by Gasteiger charge is 2.08. The van der Waals surface area contributed by atoms with Gasteiger partial charge in [-0.15, -0.1) is 10.2 Å². The topological polar surface area (TPSA) is 68.0 Å². The second-order valence-electron chi connectivity index (χ2n) is 5.64. The van der Waals surface area contributed by atoms with Crippen molar-refractivity contribution in [3.63, 3.8) is 0 Å². The van der Waals surface area contributed by atoms with Crippen molar-refractivity contribution in [1.29, 1.82) is 0 Å². The smallest absolute Gasteiger partial charge is 0.250 e. The Morgan fingerprint density at radius 3 is 2.89 bits per heavy atom. The van der Waals surface area contributed by atoms with E-state index in [0.29, 0.717) is 10.9 Å². The highest BCUT2D eigenvalue weighted by Crippen LogP contribution is 2.30. The molecule has 1 N–H and O–H groups in total. The second-order valence-corrected chi connectivity index (χ2v) is 7.84. The molecule has 0 aliphatic rings. The molecule has 0 fully saturated rings. The van der Waals surface area contributed by atoms with Gasteiger partial charge in [0.25, 0.3) is 0 Å². The van der Waals surface area contributed by atoms with Crippen LogP contribution in [0.15, 0.2) is 75.7 Å². The van der Waals surface area contributed by atoms with Gasteiger partial charge in [0.1, 0.15) is 5.76 Å². The molecule has 0 saturated carbocycles. The third-order valence-electron chi connectivity index (χ3n) is 3.81. The summed E-state index contributed by atoms with van der Waals surface area (Å²) in [6.45, 7) is 0. The number of anilines is 1. The fourth-order valence-corrected chi connectivity index (χ4v) is 4.33. The molecule has 27 heavy (non-hydrogen) atoms. The van der Waals surface area contributed by atoms with Crippen LogP contribution < -0.4 is 5.32 Å². The van der Waals surface area contributed by atoms with Gasteiger partial charge in [0, 0.05) is 11.8 Å². The van der Waals surface area contributed by atoms with Gasteiger partial charge in [-0.05, 0) is 34.5 Å². The van der Waals surface area contributed by atoms with Crippen LogP contribution in [-0.2, 0) is 10.5 Å². The number of nitrogens with zero attached hydrogens (tertiary/aromatic N) is 2. The molecule has 0 bridgehead atoms. The summed E-state index contributed by atoms with van der Waals surface area (Å²) in [5, 5.41) is 13.8. The van der Waals surface area contributed by atoms with Gasteiger partial charge in [-0.25, -0.2) is 0 Å². The molecule has 0 atom stereocenters. The van der Waals surface area contributed by atoms with Gasteiger partial charge in [-0.1, -0.05) is 65.6 Å². The van der Waals surface area contributed by atoms with Gasteiger partial charge < -0.3 is 4.42 Å². The first-order chi connectivity index (χ1) is 13.3.